The number of para-hydroxylation sites is 1. The number of benzene rings is 2. The summed E-state index contributed by atoms with van der Waals surface area (Å²) in [4.78, 5) is 44.8. The van der Waals surface area contributed by atoms with Crippen LogP contribution < -0.4 is 0 Å². The lowest BCUT2D eigenvalue weighted by atomic mass is 10.1. The van der Waals surface area contributed by atoms with Gasteiger partial charge in [-0.05, 0) is 24.3 Å². The highest BCUT2D eigenvalue weighted by atomic mass is 16.7. The molecule has 3 aromatic rings. The zero-order valence-electron chi connectivity index (χ0n) is 11.8. The summed E-state index contributed by atoms with van der Waals surface area (Å²) < 4.78 is 0. The number of amides is 2. The Balaban J connectivity index is 1.67. The SMILES string of the molecule is O=C(ON1C(=O)c2ccccc2C1=O)c1cccc2cc[nH]c12. The van der Waals surface area contributed by atoms with Gasteiger partial charge in [0.1, 0.15) is 0 Å². The Hall–Kier alpha value is -3.41. The molecule has 6 nitrogen and oxygen atoms in total. The van der Waals surface area contributed by atoms with E-state index in [9.17, 15) is 14.4 Å². The van der Waals surface area contributed by atoms with Gasteiger partial charge in [-0.3, -0.25) is 9.59 Å². The van der Waals surface area contributed by atoms with Crippen LogP contribution in [0.2, 0.25) is 0 Å². The number of nitrogens with one attached hydrogen (secondary N) is 1. The molecule has 6 heteroatoms. The highest BCUT2D eigenvalue weighted by molar-refractivity contribution is 6.21. The van der Waals surface area contributed by atoms with E-state index >= 15 is 0 Å². The largest absolute Gasteiger partial charge is 0.366 e. The molecule has 0 saturated carbocycles. The van der Waals surface area contributed by atoms with Gasteiger partial charge in [0.2, 0.25) is 0 Å². The molecule has 2 aromatic carbocycles. The third-order valence-electron chi connectivity index (χ3n) is 3.74. The van der Waals surface area contributed by atoms with Crippen molar-refractivity contribution >= 4 is 28.7 Å². The molecule has 0 saturated heterocycles. The number of hydrogen-bond acceptors (Lipinski definition) is 4. The van der Waals surface area contributed by atoms with Crippen LogP contribution in [0.1, 0.15) is 31.1 Å². The number of aromatic amines is 1. The third-order valence-corrected chi connectivity index (χ3v) is 3.74. The molecule has 23 heavy (non-hydrogen) atoms. The zero-order chi connectivity index (χ0) is 16.0. The molecule has 4 rings (SSSR count). The fraction of sp³-hybridized carbons (Fsp3) is 0. The lowest BCUT2D eigenvalue weighted by Gasteiger charge is -2.13. The predicted molar refractivity (Wildman–Crippen MR) is 80.7 cm³/mol. The molecule has 1 aliphatic heterocycles. The molecule has 2 amide bonds. The van der Waals surface area contributed by atoms with Crippen LogP contribution in [0.3, 0.4) is 0 Å². The van der Waals surface area contributed by atoms with Crippen molar-refractivity contribution in [3.05, 3.63) is 71.4 Å². The first kappa shape index (κ1) is 13.3. The smallest absolute Gasteiger partial charge is 0.360 e. The molecule has 0 radical (unpaired) electrons. The van der Waals surface area contributed by atoms with Gasteiger partial charge >= 0.3 is 5.97 Å². The van der Waals surface area contributed by atoms with Crippen LogP contribution in [0.5, 0.6) is 0 Å². The molecule has 0 atom stereocenters. The lowest BCUT2D eigenvalue weighted by Crippen LogP contribution is -2.32. The Labute approximate surface area is 130 Å². The summed E-state index contributed by atoms with van der Waals surface area (Å²) in [7, 11) is 0. The average Bonchev–Trinajstić information content (AvgIpc) is 3.14. The molecule has 0 spiro atoms. The summed E-state index contributed by atoms with van der Waals surface area (Å²) in [5.74, 6) is -2.05. The van der Waals surface area contributed by atoms with Crippen molar-refractivity contribution in [2.75, 3.05) is 0 Å². The Morgan fingerprint density at radius 3 is 2.30 bits per heavy atom. The van der Waals surface area contributed by atoms with Crippen molar-refractivity contribution < 1.29 is 19.2 Å². The fourth-order valence-corrected chi connectivity index (χ4v) is 2.64. The van der Waals surface area contributed by atoms with E-state index in [0.717, 1.165) is 5.39 Å². The van der Waals surface area contributed by atoms with Crippen LogP contribution >= 0.6 is 0 Å². The number of carbonyl (C=O) groups excluding carboxylic acids is 3. The number of carbonyl (C=O) groups is 3. The van der Waals surface area contributed by atoms with Crippen LogP contribution in [0.15, 0.2) is 54.7 Å². The van der Waals surface area contributed by atoms with Crippen LogP contribution in [0.4, 0.5) is 0 Å². The lowest BCUT2D eigenvalue weighted by molar-refractivity contribution is -0.0583. The van der Waals surface area contributed by atoms with Gasteiger partial charge in [0.25, 0.3) is 11.8 Å². The second kappa shape index (κ2) is 4.81. The number of H-pyrrole nitrogens is 1. The quantitative estimate of drug-likeness (QED) is 0.738. The molecular weight excluding hydrogens is 296 g/mol. The van der Waals surface area contributed by atoms with Gasteiger partial charge in [0.05, 0.1) is 22.2 Å². The number of nitrogens with zero attached hydrogens (tertiary/aromatic N) is 1. The summed E-state index contributed by atoms with van der Waals surface area (Å²) in [6, 6.07) is 13.3. The molecular formula is C17H10N2O4. The van der Waals surface area contributed by atoms with E-state index in [4.69, 9.17) is 4.84 Å². The minimum absolute atomic E-state index is 0.225. The summed E-state index contributed by atoms with van der Waals surface area (Å²) in [6.07, 6.45) is 1.70. The topological polar surface area (TPSA) is 79.5 Å². The minimum atomic E-state index is -0.771. The van der Waals surface area contributed by atoms with Gasteiger partial charge in [-0.1, -0.05) is 29.3 Å². The fourth-order valence-electron chi connectivity index (χ4n) is 2.64. The molecule has 0 bridgehead atoms. The highest BCUT2D eigenvalue weighted by Gasteiger charge is 2.38. The standard InChI is InChI=1S/C17H10N2O4/c20-15-11-5-1-2-6-12(11)16(21)19(15)23-17(22)13-7-3-4-10-8-9-18-14(10)13/h1-9,18H. The van der Waals surface area contributed by atoms with Gasteiger partial charge in [0.15, 0.2) is 0 Å². The van der Waals surface area contributed by atoms with E-state index < -0.39 is 17.8 Å². The normalized spacial score (nSPS) is 13.5. The summed E-state index contributed by atoms with van der Waals surface area (Å²) in [6.45, 7) is 0. The summed E-state index contributed by atoms with van der Waals surface area (Å²) in [5.41, 5.74) is 1.30. The molecule has 1 aliphatic rings. The van der Waals surface area contributed by atoms with E-state index in [-0.39, 0.29) is 16.7 Å². The Bertz CT molecular complexity index is 938. The number of rotatable bonds is 2. The van der Waals surface area contributed by atoms with Crippen LogP contribution in [0, 0.1) is 0 Å². The average molecular weight is 306 g/mol. The first-order valence-corrected chi connectivity index (χ1v) is 6.93. The van der Waals surface area contributed by atoms with E-state index in [1.807, 2.05) is 12.1 Å². The van der Waals surface area contributed by atoms with Gasteiger partial charge in [-0.25, -0.2) is 4.79 Å². The summed E-state index contributed by atoms with van der Waals surface area (Å²) in [5, 5.41) is 1.34. The molecule has 112 valence electrons. The van der Waals surface area contributed by atoms with Crippen LogP contribution in [-0.2, 0) is 4.84 Å². The van der Waals surface area contributed by atoms with E-state index in [1.165, 1.54) is 12.1 Å². The van der Waals surface area contributed by atoms with Crippen molar-refractivity contribution in [2.45, 2.75) is 0 Å². The molecule has 1 aromatic heterocycles. The molecule has 0 unspecified atom stereocenters. The maximum Gasteiger partial charge on any atom is 0.366 e. The van der Waals surface area contributed by atoms with E-state index in [1.54, 1.807) is 30.5 Å². The zero-order valence-corrected chi connectivity index (χ0v) is 11.8. The van der Waals surface area contributed by atoms with Crippen molar-refractivity contribution in [3.63, 3.8) is 0 Å². The van der Waals surface area contributed by atoms with Crippen LogP contribution in [-0.4, -0.2) is 27.8 Å². The first-order chi connectivity index (χ1) is 11.2. The van der Waals surface area contributed by atoms with Crippen molar-refractivity contribution in [2.24, 2.45) is 0 Å². The third kappa shape index (κ3) is 1.92. The van der Waals surface area contributed by atoms with Gasteiger partial charge in [0, 0.05) is 11.6 Å². The van der Waals surface area contributed by atoms with Crippen molar-refractivity contribution in [1.29, 1.82) is 0 Å². The van der Waals surface area contributed by atoms with E-state index in [2.05, 4.69) is 4.98 Å². The van der Waals surface area contributed by atoms with Gasteiger partial charge < -0.3 is 9.82 Å². The number of hydrogen-bond donors (Lipinski definition) is 1. The van der Waals surface area contributed by atoms with Gasteiger partial charge in [-0.15, -0.1) is 0 Å². The van der Waals surface area contributed by atoms with Crippen molar-refractivity contribution in [1.82, 2.24) is 10.0 Å². The summed E-state index contributed by atoms with van der Waals surface area (Å²) >= 11 is 0. The van der Waals surface area contributed by atoms with E-state index in [0.29, 0.717) is 10.6 Å². The Morgan fingerprint density at radius 1 is 0.913 bits per heavy atom. The minimum Gasteiger partial charge on any atom is -0.360 e. The monoisotopic (exact) mass is 306 g/mol. The molecule has 2 heterocycles. The maximum atomic E-state index is 12.4. The number of hydroxylamine groups is 2. The van der Waals surface area contributed by atoms with Crippen molar-refractivity contribution in [3.8, 4) is 0 Å². The highest BCUT2D eigenvalue weighted by Crippen LogP contribution is 2.24. The van der Waals surface area contributed by atoms with Gasteiger partial charge in [-0.2, -0.15) is 0 Å². The second-order valence-corrected chi connectivity index (χ2v) is 5.08. The second-order valence-electron chi connectivity index (χ2n) is 5.08. The predicted octanol–water partition coefficient (Wildman–Crippen LogP) is 2.54. The Morgan fingerprint density at radius 2 is 1.61 bits per heavy atom. The Kier molecular flexibility index (Phi) is 2.77. The maximum absolute atomic E-state index is 12.4. The van der Waals surface area contributed by atoms with Crippen LogP contribution in [0.25, 0.3) is 10.9 Å². The number of aromatic nitrogens is 1. The first-order valence-electron chi connectivity index (χ1n) is 6.93. The number of imide groups is 1. The number of fused-ring (bicyclic) bond motifs is 2. The molecule has 0 aliphatic carbocycles. The molecule has 0 fully saturated rings. The molecule has 1 N–H and O–H groups in total.